The summed E-state index contributed by atoms with van der Waals surface area (Å²) in [5.41, 5.74) is 27.8. The molecule has 0 aromatic heterocycles. The number of nitrogens with zero attached hydrogens (tertiary/aromatic N) is 12. The van der Waals surface area contributed by atoms with Crippen molar-refractivity contribution in [2.24, 2.45) is 16.0 Å². The minimum Gasteiger partial charge on any atom is -0.483 e. The molecule has 35 nitrogen and oxygen atoms in total. The van der Waals surface area contributed by atoms with Crippen LogP contribution in [0.5, 0.6) is 0 Å². The molecule has 6 aromatic carbocycles. The van der Waals surface area contributed by atoms with E-state index in [0.717, 1.165) is 39.1 Å². The van der Waals surface area contributed by atoms with Gasteiger partial charge in [0.1, 0.15) is 39.6 Å². The third kappa shape index (κ3) is 45.2. The molecule has 0 radical (unpaired) electrons. The molecule has 0 saturated carbocycles. The quantitative estimate of drug-likeness (QED) is 0.0103. The molecule has 11 amide bonds. The summed E-state index contributed by atoms with van der Waals surface area (Å²) < 4.78 is 29.7. The van der Waals surface area contributed by atoms with Gasteiger partial charge in [0.2, 0.25) is 28.3 Å². The molecule has 0 bridgehead atoms. The van der Waals surface area contributed by atoms with Crippen molar-refractivity contribution in [1.82, 2.24) is 29.4 Å². The molecule has 6 aliphatic heterocycles. The van der Waals surface area contributed by atoms with E-state index in [9.17, 15) is 67.1 Å². The molecule has 6 aromatic rings. The van der Waals surface area contributed by atoms with E-state index < -0.39 is 66.4 Å². The number of likely N-dealkylation sites (N-methyl/N-ethyl adjacent to an activating group) is 1. The predicted octanol–water partition coefficient (Wildman–Crippen LogP) is 2.38. The third-order valence-corrected chi connectivity index (χ3v) is 20.6. The number of carbonyl (C=O) groups excluding carboxylic acids is 12. The van der Waals surface area contributed by atoms with Crippen LogP contribution in [0.3, 0.4) is 0 Å². The second kappa shape index (κ2) is 71.4. The van der Waals surface area contributed by atoms with Crippen LogP contribution in [0.25, 0.3) is 20.9 Å². The standard InChI is InChI=1S/C14H15N4O3.C14H16NO3.C14H15NO3.C13H15NO3.C12H12BrNO3.C11H13NO2.C4H6N3O2.C4H8NO2.C2H2Br2O.4Rb/c1-2-12(16-17-15)13(19)18-11(9-21-14(18)20)8-10-6-4-3-5-7-10;2*1-2-6-13(16)15-12(10-18-14(15)17)9-11-7-4-3-5-8-11;1-2-12(15)14-11(9-17-13(14)16)8-10-6-4-3-5-7-10;13-7-11(15)14-10(8-17-12(14)16)6-9-4-2-1-3-5-9;1-12-10(8-14-11(12)13)7-9-5-3-2-4-6-9;1-2-3(4(8)9)6-7-5;1-2-3(5)4(6)7;3-1-2(4)5;;;;/h2-7,11-12H,8-9H2,1H3;2-5,7-8,12H,6,9-10H2,1H3;2-8,12H,9-10H2,1H3;3-7,11H,2,8-9H2,1H3;1-5,10H,6-8H2;2-6,10H,7-8H2,1H3;2-3H,1H3,(H,8,9);2-3H,5H2,1H3,(H,6,7);1H2;;;;/q2*-1;;;;;2*-1;;4*+1/b;;6-2+;;;;;;;;;;/t11-,12-;2*12-;11-;2*10-;2*3-;;;;;/m00000000...../s1. The Morgan fingerprint density at radius 3 is 0.962 bits per heavy atom. The van der Waals surface area contributed by atoms with Gasteiger partial charge in [-0.1, -0.05) is 233 Å². The summed E-state index contributed by atoms with van der Waals surface area (Å²) >= 11 is 8.67. The number of nitrogens with two attached hydrogens (primary N) is 1. The maximum Gasteiger partial charge on any atom is 1.00 e. The first kappa shape index (κ1) is 125. The Hall–Kier alpha value is -5.12. The van der Waals surface area contributed by atoms with Crippen molar-refractivity contribution in [1.29, 1.82) is 0 Å². The molecule has 4 N–H and O–H groups in total. The number of aliphatic carboxylic acids is 2. The van der Waals surface area contributed by atoms with Crippen molar-refractivity contribution in [3.05, 3.63) is 274 Å². The Labute approximate surface area is 976 Å². The molecule has 6 fully saturated rings. The van der Waals surface area contributed by atoms with Crippen LogP contribution in [-0.2, 0) is 105 Å². The van der Waals surface area contributed by atoms with Gasteiger partial charge in [0, 0.05) is 19.5 Å². The summed E-state index contributed by atoms with van der Waals surface area (Å²) in [7, 11) is 1.78. The zero-order valence-corrected chi connectivity index (χ0v) is 98.9. The Morgan fingerprint density at radius 2 is 0.715 bits per heavy atom. The average Bonchev–Trinajstić information content (AvgIpc) is 1.70. The van der Waals surface area contributed by atoms with Gasteiger partial charge in [0.25, 0.3) is 17.8 Å². The Kier molecular flexibility index (Phi) is 68.6. The summed E-state index contributed by atoms with van der Waals surface area (Å²) in [6.07, 6.45) is 10.4. The number of amides is 11. The molecular weight excluding hydrogens is 2170 g/mol. The van der Waals surface area contributed by atoms with Gasteiger partial charge in [-0.25, -0.2) is 53.3 Å². The molecule has 6 heterocycles. The van der Waals surface area contributed by atoms with Crippen LogP contribution < -0.4 is 238 Å². The van der Waals surface area contributed by atoms with Crippen molar-refractivity contribution in [2.75, 3.05) is 57.3 Å². The van der Waals surface area contributed by atoms with Gasteiger partial charge in [-0.15, -0.1) is 10.2 Å². The Bertz CT molecular complexity index is 4570. The van der Waals surface area contributed by atoms with Crippen molar-refractivity contribution in [3.63, 3.8) is 0 Å². The molecule has 130 heavy (non-hydrogen) atoms. The number of cyclic esters (lactones) is 6. The maximum atomic E-state index is 12.3. The number of halogens is 3. The first-order chi connectivity index (χ1) is 60.5. The predicted molar refractivity (Wildman–Crippen MR) is 474 cm³/mol. The molecule has 42 heteroatoms. The van der Waals surface area contributed by atoms with E-state index in [1.165, 1.54) is 57.4 Å². The zero-order chi connectivity index (χ0) is 93.0. The minimum atomic E-state index is -1.13. The summed E-state index contributed by atoms with van der Waals surface area (Å²) in [6.45, 7) is 11.8. The van der Waals surface area contributed by atoms with Crippen LogP contribution in [-0.4, -0.2) is 234 Å². The van der Waals surface area contributed by atoms with E-state index in [0.29, 0.717) is 57.1 Å². The van der Waals surface area contributed by atoms with Crippen LogP contribution in [0.15, 0.2) is 204 Å². The number of azide groups is 2. The molecule has 0 spiro atoms. The van der Waals surface area contributed by atoms with E-state index in [-0.39, 0.29) is 342 Å². The van der Waals surface area contributed by atoms with Crippen molar-refractivity contribution in [2.45, 2.75) is 147 Å². The Morgan fingerprint density at radius 1 is 0.438 bits per heavy atom. The minimum absolute atomic E-state index is 0. The first-order valence-electron chi connectivity index (χ1n) is 39.5. The fraction of sp³-hybridized carbons (Fsp3) is 0.364. The topological polar surface area (TPSA) is 478 Å². The fourth-order valence-corrected chi connectivity index (χ4v) is 12.5. The van der Waals surface area contributed by atoms with Gasteiger partial charge in [-0.05, 0) is 134 Å². The van der Waals surface area contributed by atoms with Crippen molar-refractivity contribution < 1.29 is 339 Å². The zero-order valence-electron chi connectivity index (χ0n) is 74.4. The van der Waals surface area contributed by atoms with Gasteiger partial charge in [0.15, 0.2) is 0 Å². The monoisotopic (exact) mass is 2270 g/mol. The summed E-state index contributed by atoms with van der Waals surface area (Å²) in [4.78, 5) is 170. The number of ether oxygens (including phenoxy) is 6. The van der Waals surface area contributed by atoms with E-state index >= 15 is 0 Å². The van der Waals surface area contributed by atoms with E-state index in [4.69, 9.17) is 55.4 Å². The van der Waals surface area contributed by atoms with E-state index in [1.807, 2.05) is 170 Å². The molecule has 676 valence electrons. The van der Waals surface area contributed by atoms with Crippen LogP contribution >= 0.6 is 47.8 Å². The summed E-state index contributed by atoms with van der Waals surface area (Å²) in [6, 6.07) is 54.9. The van der Waals surface area contributed by atoms with Gasteiger partial charge < -0.3 is 75.0 Å². The van der Waals surface area contributed by atoms with Crippen molar-refractivity contribution >= 4 is 131 Å². The van der Waals surface area contributed by atoms with E-state index in [1.54, 1.807) is 59.1 Å². The van der Waals surface area contributed by atoms with Gasteiger partial charge in [-0.3, -0.25) is 38.4 Å². The van der Waals surface area contributed by atoms with E-state index in [2.05, 4.69) is 80.0 Å². The molecular formula is C88H102Br3N13O22Rb4. The number of benzene rings is 6. The number of carboxylic acids is 2. The van der Waals surface area contributed by atoms with Crippen LogP contribution in [0, 0.1) is 25.7 Å². The molecule has 12 rings (SSSR count). The fourth-order valence-electron chi connectivity index (χ4n) is 12.2. The molecule has 0 unspecified atom stereocenters. The van der Waals surface area contributed by atoms with Gasteiger partial charge >= 0.3 is 269 Å². The Balaban J connectivity index is 0.00000147. The van der Waals surface area contributed by atoms with Crippen LogP contribution in [0.4, 0.5) is 28.8 Å². The number of hydrogen-bond acceptors (Lipinski definition) is 23. The smallest absolute Gasteiger partial charge is 0.483 e. The normalized spacial score (nSPS) is 17.4. The maximum absolute atomic E-state index is 12.3. The number of allylic oxidation sites excluding steroid dienone is 1. The third-order valence-electron chi connectivity index (χ3n) is 18.5. The number of rotatable bonds is 26. The molecule has 9 atom stereocenters. The summed E-state index contributed by atoms with van der Waals surface area (Å²) in [5, 5.41) is 23.1. The number of imide groups is 5. The summed E-state index contributed by atoms with van der Waals surface area (Å²) in [5.74, 6) is -3.61. The first-order valence-corrected chi connectivity index (χ1v) is 42.5. The van der Waals surface area contributed by atoms with Crippen LogP contribution in [0.1, 0.15) is 87.8 Å². The average molecular weight is 2280 g/mol. The number of carbonyl (C=O) groups is 14. The second-order valence-electron chi connectivity index (χ2n) is 27.4. The number of alkyl halides is 2. The largest absolute Gasteiger partial charge is 1.00 e. The van der Waals surface area contributed by atoms with Crippen LogP contribution in [0.2, 0.25) is 0 Å². The molecule has 0 aliphatic carbocycles. The second-order valence-corrected chi connectivity index (χ2v) is 29.4. The van der Waals surface area contributed by atoms with Gasteiger partial charge in [-0.2, -0.15) is 27.7 Å². The van der Waals surface area contributed by atoms with Crippen molar-refractivity contribution in [3.8, 4) is 0 Å². The SMILES string of the molecule is C/C=C/C(=O)N1C(=O)OC[C@@H]1Cc1ccccc1.CCC(=O)N1C(=O)OC[C@@H]1Cc1ccccc1.CN1C(=O)OC[C@@H]1Cc1ccccc1.C[CH-]CC(=O)N1C(=O)OC[C@@H]1Cc1ccccc1.C[CH-][C@H](N)C(=O)O.C[CH-][C@H](N=[N+]=[N-])C(=O)N1C(=O)OC[C@@H]1Cc1ccccc1.C[CH-][C@H](N=[N+]=[N-])C(=O)O.O=C(Br)CBr.O=C(CBr)N1C(=O)OC[C@@H]1Cc1ccccc1.[Rb+].[Rb+].[Rb+].[Rb+]. The number of hydrogen-bond donors (Lipinski definition) is 3. The molecule has 6 aliphatic rings. The molecule has 6 saturated heterocycles. The number of carboxylic acid groups (broad SMARTS) is 2. The van der Waals surface area contributed by atoms with Gasteiger partial charge in [0.05, 0.1) is 46.9 Å².